The van der Waals surface area contributed by atoms with E-state index < -0.39 is 0 Å². The Balaban J connectivity index is 1.93. The minimum atomic E-state index is 0.727. The van der Waals surface area contributed by atoms with Crippen molar-refractivity contribution < 1.29 is 0 Å². The van der Waals surface area contributed by atoms with Crippen LogP contribution in [0.3, 0.4) is 0 Å². The molecule has 3 rings (SSSR count). The number of pyridine rings is 1. The lowest BCUT2D eigenvalue weighted by atomic mass is 10.1. The lowest BCUT2D eigenvalue weighted by Gasteiger charge is -1.98. The van der Waals surface area contributed by atoms with Crippen molar-refractivity contribution in [3.63, 3.8) is 0 Å². The van der Waals surface area contributed by atoms with Gasteiger partial charge >= 0.3 is 0 Å². The van der Waals surface area contributed by atoms with Crippen LogP contribution in [-0.4, -0.2) is 11.2 Å². The molecule has 0 bridgehead atoms. The molecule has 2 nitrogen and oxygen atoms in total. The molecule has 0 saturated heterocycles. The average Bonchev–Trinajstić information content (AvgIpc) is 2.46. The van der Waals surface area contributed by atoms with E-state index in [9.17, 15) is 0 Å². The molecule has 1 aromatic heterocycles. The molecule has 0 amide bonds. The van der Waals surface area contributed by atoms with Crippen LogP contribution in [0.5, 0.6) is 0 Å². The lowest BCUT2D eigenvalue weighted by molar-refractivity contribution is 1.28. The Morgan fingerprint density at radius 2 is 1.67 bits per heavy atom. The van der Waals surface area contributed by atoms with E-state index >= 15 is 0 Å². The van der Waals surface area contributed by atoms with Crippen LogP contribution < -0.4 is 0 Å². The van der Waals surface area contributed by atoms with Gasteiger partial charge in [0.1, 0.15) is 0 Å². The second-order valence-electron chi connectivity index (χ2n) is 4.05. The van der Waals surface area contributed by atoms with E-state index in [1.165, 1.54) is 10.8 Å². The molecule has 3 aromatic rings. The van der Waals surface area contributed by atoms with Gasteiger partial charge in [-0.15, -0.1) is 0 Å². The maximum Gasteiger partial charge on any atom is 0.151 e. The van der Waals surface area contributed by atoms with Gasteiger partial charge < -0.3 is 0 Å². The van der Waals surface area contributed by atoms with Gasteiger partial charge in [0.05, 0.1) is 0 Å². The van der Waals surface area contributed by atoms with Crippen LogP contribution in [0.25, 0.3) is 10.8 Å². The Bertz CT molecular complexity index is 688. The van der Waals surface area contributed by atoms with Crippen LogP contribution in [0.1, 0.15) is 5.56 Å². The Morgan fingerprint density at radius 3 is 2.50 bits per heavy atom. The Labute approximate surface area is 106 Å². The molecule has 0 atom stereocenters. The maximum absolute atomic E-state index is 4.35. The number of aromatic nitrogens is 1. The lowest BCUT2D eigenvalue weighted by Crippen LogP contribution is -1.81. The quantitative estimate of drug-likeness (QED) is 0.613. The van der Waals surface area contributed by atoms with E-state index in [0.717, 1.165) is 11.4 Å². The summed E-state index contributed by atoms with van der Waals surface area (Å²) in [6.45, 7) is 0. The third-order valence-corrected chi connectivity index (χ3v) is 2.77. The van der Waals surface area contributed by atoms with Crippen molar-refractivity contribution in [1.29, 1.82) is 0 Å². The monoisotopic (exact) mass is 232 g/mol. The third kappa shape index (κ3) is 2.28. The molecule has 2 aromatic carbocycles. The molecule has 0 radical (unpaired) electrons. The zero-order chi connectivity index (χ0) is 12.2. The van der Waals surface area contributed by atoms with Gasteiger partial charge in [-0.3, -0.25) is 0 Å². The maximum atomic E-state index is 4.35. The summed E-state index contributed by atoms with van der Waals surface area (Å²) in [6, 6.07) is 20.3. The van der Waals surface area contributed by atoms with Crippen molar-refractivity contribution in [2.75, 3.05) is 0 Å². The van der Waals surface area contributed by atoms with E-state index in [4.69, 9.17) is 0 Å². The van der Waals surface area contributed by atoms with Crippen molar-refractivity contribution >= 4 is 22.8 Å². The molecule has 2 heteroatoms. The van der Waals surface area contributed by atoms with Gasteiger partial charge in [-0.25, -0.2) is 9.98 Å². The molecule has 0 aliphatic carbocycles. The molecular formula is C16H12N2. The third-order valence-electron chi connectivity index (χ3n) is 2.77. The summed E-state index contributed by atoms with van der Waals surface area (Å²) in [6.07, 6.45) is 3.59. The first kappa shape index (κ1) is 10.7. The van der Waals surface area contributed by atoms with Crippen molar-refractivity contribution in [3.05, 3.63) is 72.4 Å². The van der Waals surface area contributed by atoms with Gasteiger partial charge in [-0.05, 0) is 34.5 Å². The number of fused-ring (bicyclic) bond motifs is 1. The van der Waals surface area contributed by atoms with Crippen LogP contribution in [0, 0.1) is 0 Å². The van der Waals surface area contributed by atoms with E-state index in [-0.39, 0.29) is 0 Å². The zero-order valence-corrected chi connectivity index (χ0v) is 9.82. The van der Waals surface area contributed by atoms with Gasteiger partial charge in [0, 0.05) is 12.4 Å². The second kappa shape index (κ2) is 4.80. The zero-order valence-electron chi connectivity index (χ0n) is 9.82. The van der Waals surface area contributed by atoms with E-state index in [1.807, 2.05) is 36.5 Å². The summed E-state index contributed by atoms with van der Waals surface area (Å²) in [5, 5.41) is 2.47. The molecule has 0 spiro atoms. The normalized spacial score (nSPS) is 11.1. The van der Waals surface area contributed by atoms with Gasteiger partial charge in [0.2, 0.25) is 0 Å². The fraction of sp³-hybridized carbons (Fsp3) is 0. The van der Waals surface area contributed by atoms with Crippen LogP contribution in [0.4, 0.5) is 5.82 Å². The van der Waals surface area contributed by atoms with E-state index in [1.54, 1.807) is 6.20 Å². The van der Waals surface area contributed by atoms with Crippen molar-refractivity contribution in [1.82, 2.24) is 4.98 Å². The largest absolute Gasteiger partial charge is 0.237 e. The SMILES string of the molecule is C(=N\c1ccccn1)/c1ccc2ccccc2c1. The molecule has 0 unspecified atom stereocenters. The van der Waals surface area contributed by atoms with Gasteiger partial charge in [-0.2, -0.15) is 0 Å². The highest BCUT2D eigenvalue weighted by Crippen LogP contribution is 2.15. The fourth-order valence-electron chi connectivity index (χ4n) is 1.86. The molecule has 0 aliphatic heterocycles. The minimum Gasteiger partial charge on any atom is -0.237 e. The first-order valence-electron chi connectivity index (χ1n) is 5.86. The summed E-state index contributed by atoms with van der Waals surface area (Å²) in [7, 11) is 0. The summed E-state index contributed by atoms with van der Waals surface area (Å²) in [4.78, 5) is 8.51. The Kier molecular flexibility index (Phi) is 2.84. The number of hydrogen-bond acceptors (Lipinski definition) is 2. The predicted octanol–water partition coefficient (Wildman–Crippen LogP) is 3.99. The molecule has 0 aliphatic rings. The number of aliphatic imine (C=N–C) groups is 1. The number of benzene rings is 2. The molecule has 18 heavy (non-hydrogen) atoms. The van der Waals surface area contributed by atoms with Crippen LogP contribution in [0.2, 0.25) is 0 Å². The summed E-state index contributed by atoms with van der Waals surface area (Å²) < 4.78 is 0. The van der Waals surface area contributed by atoms with Crippen LogP contribution >= 0.6 is 0 Å². The summed E-state index contributed by atoms with van der Waals surface area (Å²) in [5.74, 6) is 0.727. The van der Waals surface area contributed by atoms with Crippen molar-refractivity contribution in [2.24, 2.45) is 4.99 Å². The first-order chi connectivity index (χ1) is 8.92. The predicted molar refractivity (Wildman–Crippen MR) is 75.4 cm³/mol. The topological polar surface area (TPSA) is 25.2 Å². The molecule has 86 valence electrons. The summed E-state index contributed by atoms with van der Waals surface area (Å²) in [5.41, 5.74) is 1.08. The van der Waals surface area contributed by atoms with Gasteiger partial charge in [-0.1, -0.05) is 42.5 Å². The van der Waals surface area contributed by atoms with E-state index in [0.29, 0.717) is 0 Å². The highest BCUT2D eigenvalue weighted by molar-refractivity contribution is 5.91. The van der Waals surface area contributed by atoms with Gasteiger partial charge in [0.15, 0.2) is 5.82 Å². The smallest absolute Gasteiger partial charge is 0.151 e. The summed E-state index contributed by atoms with van der Waals surface area (Å²) >= 11 is 0. The Morgan fingerprint density at radius 1 is 0.833 bits per heavy atom. The first-order valence-corrected chi connectivity index (χ1v) is 5.86. The molecular weight excluding hydrogens is 220 g/mol. The van der Waals surface area contributed by atoms with Crippen LogP contribution in [0.15, 0.2) is 71.9 Å². The molecule has 1 heterocycles. The van der Waals surface area contributed by atoms with E-state index in [2.05, 4.69) is 40.3 Å². The van der Waals surface area contributed by atoms with Crippen molar-refractivity contribution in [3.8, 4) is 0 Å². The van der Waals surface area contributed by atoms with Crippen molar-refractivity contribution in [2.45, 2.75) is 0 Å². The molecule has 0 fully saturated rings. The standard InChI is InChI=1S/C16H12N2/c1-2-6-15-11-13(8-9-14(15)5-1)12-18-16-7-3-4-10-17-16/h1-12H/b18-12+. The number of hydrogen-bond donors (Lipinski definition) is 0. The number of nitrogens with zero attached hydrogens (tertiary/aromatic N) is 2. The Hall–Kier alpha value is -2.48. The molecule has 0 N–H and O–H groups in total. The highest BCUT2D eigenvalue weighted by atomic mass is 14.9. The van der Waals surface area contributed by atoms with Crippen LogP contribution in [-0.2, 0) is 0 Å². The second-order valence-corrected chi connectivity index (χ2v) is 4.05. The fourth-order valence-corrected chi connectivity index (χ4v) is 1.86. The minimum absolute atomic E-state index is 0.727. The highest BCUT2D eigenvalue weighted by Gasteiger charge is 1.93. The number of rotatable bonds is 2. The average molecular weight is 232 g/mol. The van der Waals surface area contributed by atoms with Gasteiger partial charge in [0.25, 0.3) is 0 Å². The molecule has 0 saturated carbocycles.